The van der Waals surface area contributed by atoms with Gasteiger partial charge in [-0.3, -0.25) is 0 Å². The maximum Gasteiger partial charge on any atom is 0.129 e. The van der Waals surface area contributed by atoms with Gasteiger partial charge in [0.15, 0.2) is 0 Å². The van der Waals surface area contributed by atoms with E-state index in [1.165, 1.54) is 54.4 Å². The van der Waals surface area contributed by atoms with Gasteiger partial charge in [0.2, 0.25) is 0 Å². The van der Waals surface area contributed by atoms with Crippen LogP contribution in [-0.2, 0) is 16.0 Å². The average Bonchev–Trinajstić information content (AvgIpc) is 2.71. The molecular formula is C27H48O2. The molecule has 0 radical (unpaired) electrons. The molecule has 0 heterocycles. The van der Waals surface area contributed by atoms with Crippen LogP contribution >= 0.6 is 0 Å². The number of hydrogen-bond donors (Lipinski definition) is 0. The Balaban J connectivity index is -0.000000398. The molecule has 168 valence electrons. The van der Waals surface area contributed by atoms with Crippen LogP contribution in [0, 0.1) is 19.8 Å². The number of Topliss-reactive ketones (excluding diaryl/α,β-unsaturated/α-hetero) is 1. The van der Waals surface area contributed by atoms with Gasteiger partial charge in [-0.2, -0.15) is 0 Å². The lowest BCUT2D eigenvalue weighted by Gasteiger charge is -2.09. The third kappa shape index (κ3) is 18.1. The number of carbonyl (C=O) groups excluding carboxylic acids is 2. The van der Waals surface area contributed by atoms with Crippen LogP contribution in [0.1, 0.15) is 109 Å². The first-order chi connectivity index (χ1) is 13.8. The van der Waals surface area contributed by atoms with Crippen molar-refractivity contribution in [2.75, 3.05) is 0 Å². The first-order valence-corrected chi connectivity index (χ1v) is 11.4. The summed E-state index contributed by atoms with van der Waals surface area (Å²) in [5.74, 6) is 1.15. The lowest BCUT2D eigenvalue weighted by Crippen LogP contribution is -1.97. The van der Waals surface area contributed by atoms with Gasteiger partial charge < -0.3 is 9.59 Å². The Kier molecular flexibility index (Phi) is 24.9. The van der Waals surface area contributed by atoms with E-state index in [2.05, 4.69) is 53.3 Å². The van der Waals surface area contributed by atoms with E-state index in [1.807, 2.05) is 26.7 Å². The Morgan fingerprint density at radius 2 is 1.48 bits per heavy atom. The molecule has 0 N–H and O–H groups in total. The van der Waals surface area contributed by atoms with Gasteiger partial charge in [0.1, 0.15) is 12.6 Å². The minimum absolute atomic E-state index is 0.334. The number of carbonyl (C=O) groups is 2. The highest BCUT2D eigenvalue weighted by atomic mass is 16.1. The molecule has 29 heavy (non-hydrogen) atoms. The summed E-state index contributed by atoms with van der Waals surface area (Å²) >= 11 is 0. The molecule has 0 saturated carbocycles. The number of benzene rings is 1. The molecule has 0 aliphatic heterocycles. The highest BCUT2D eigenvalue weighted by molar-refractivity contribution is 5.75. The van der Waals surface area contributed by atoms with Crippen molar-refractivity contribution >= 4 is 18.6 Å². The van der Waals surface area contributed by atoms with Crippen molar-refractivity contribution in [1.82, 2.24) is 0 Å². The molecule has 0 aliphatic rings. The molecule has 1 atom stereocenters. The zero-order valence-corrected chi connectivity index (χ0v) is 20.7. The molecular weight excluding hydrogens is 356 g/mol. The van der Waals surface area contributed by atoms with E-state index in [-0.39, 0.29) is 0 Å². The molecule has 1 unspecified atom stereocenters. The van der Waals surface area contributed by atoms with E-state index in [0.29, 0.717) is 5.78 Å². The zero-order chi connectivity index (χ0) is 23.2. The lowest BCUT2D eigenvalue weighted by atomic mass is 9.97. The number of rotatable bonds is 10. The minimum Gasteiger partial charge on any atom is -0.307 e. The van der Waals surface area contributed by atoms with Crippen molar-refractivity contribution in [3.8, 4) is 0 Å². The number of ketones is 1. The van der Waals surface area contributed by atoms with E-state index in [9.17, 15) is 4.79 Å². The summed E-state index contributed by atoms with van der Waals surface area (Å²) in [7, 11) is 0. The van der Waals surface area contributed by atoms with E-state index in [0.717, 1.165) is 25.2 Å². The minimum atomic E-state index is 0.334. The highest BCUT2D eigenvalue weighted by Gasteiger charge is 2.02. The summed E-state index contributed by atoms with van der Waals surface area (Å²) < 4.78 is 0. The van der Waals surface area contributed by atoms with Gasteiger partial charge >= 0.3 is 0 Å². The third-order valence-electron chi connectivity index (χ3n) is 4.79. The molecule has 1 rings (SSSR count). The number of aryl methyl sites for hydroxylation is 3. The fourth-order valence-electron chi connectivity index (χ4n) is 3.18. The second-order valence-corrected chi connectivity index (χ2v) is 7.40. The van der Waals surface area contributed by atoms with Crippen LogP contribution in [0.2, 0.25) is 0 Å². The summed E-state index contributed by atoms with van der Waals surface area (Å²) in [6.07, 6.45) is 11.5. The summed E-state index contributed by atoms with van der Waals surface area (Å²) in [6, 6.07) is 4.48. The molecule has 1 aromatic carbocycles. The van der Waals surface area contributed by atoms with E-state index >= 15 is 0 Å². The van der Waals surface area contributed by atoms with E-state index in [4.69, 9.17) is 4.79 Å². The SMILES string of the molecule is C=Cc1c(C)cc(CC)cc1C.C=O.CC.CCCCCC(C)CCCC(C)=O. The second-order valence-electron chi connectivity index (χ2n) is 7.40. The summed E-state index contributed by atoms with van der Waals surface area (Å²) in [6.45, 7) is 22.5. The lowest BCUT2D eigenvalue weighted by molar-refractivity contribution is -0.117. The van der Waals surface area contributed by atoms with E-state index in [1.54, 1.807) is 6.92 Å². The molecule has 0 bridgehead atoms. The van der Waals surface area contributed by atoms with Crippen LogP contribution in [0.4, 0.5) is 0 Å². The second kappa shape index (κ2) is 22.6. The van der Waals surface area contributed by atoms with Crippen LogP contribution < -0.4 is 0 Å². The number of unbranched alkanes of at least 4 members (excludes halogenated alkanes) is 2. The Morgan fingerprint density at radius 1 is 1.00 bits per heavy atom. The van der Waals surface area contributed by atoms with Gasteiger partial charge in [-0.05, 0) is 61.8 Å². The summed E-state index contributed by atoms with van der Waals surface area (Å²) in [5, 5.41) is 0. The maximum absolute atomic E-state index is 10.7. The smallest absolute Gasteiger partial charge is 0.129 e. The predicted molar refractivity (Wildman–Crippen MR) is 132 cm³/mol. The molecule has 0 aromatic heterocycles. The van der Waals surface area contributed by atoms with Crippen molar-refractivity contribution in [2.45, 2.75) is 107 Å². The highest BCUT2D eigenvalue weighted by Crippen LogP contribution is 2.18. The zero-order valence-electron chi connectivity index (χ0n) is 20.7. The third-order valence-corrected chi connectivity index (χ3v) is 4.79. The Morgan fingerprint density at radius 3 is 1.86 bits per heavy atom. The normalized spacial score (nSPS) is 10.2. The quantitative estimate of drug-likeness (QED) is 0.367. The van der Waals surface area contributed by atoms with Gasteiger partial charge in [-0.15, -0.1) is 0 Å². The van der Waals surface area contributed by atoms with Crippen LogP contribution in [0.5, 0.6) is 0 Å². The first kappa shape index (κ1) is 32.0. The van der Waals surface area contributed by atoms with Gasteiger partial charge in [0.05, 0.1) is 0 Å². The van der Waals surface area contributed by atoms with Crippen LogP contribution in [0.3, 0.4) is 0 Å². The number of hydrogen-bond acceptors (Lipinski definition) is 2. The molecule has 2 nitrogen and oxygen atoms in total. The topological polar surface area (TPSA) is 34.1 Å². The molecule has 0 amide bonds. The summed E-state index contributed by atoms with van der Waals surface area (Å²) in [4.78, 5) is 18.7. The summed E-state index contributed by atoms with van der Waals surface area (Å²) in [5.41, 5.74) is 5.37. The first-order valence-electron chi connectivity index (χ1n) is 11.4. The van der Waals surface area contributed by atoms with Crippen molar-refractivity contribution in [3.63, 3.8) is 0 Å². The standard InChI is InChI=1S/C12H24O.C12H16.C2H6.CH2O/c1-4-5-6-8-11(2)9-7-10-12(3)13;1-5-11-7-9(3)12(6-2)10(4)8-11;2*1-2/h11H,4-10H2,1-3H3;6-8H,2,5H2,1,3-4H3;1-2H3;1H2. The van der Waals surface area contributed by atoms with Crippen LogP contribution in [0.15, 0.2) is 18.7 Å². The van der Waals surface area contributed by atoms with Gasteiger partial charge in [0, 0.05) is 6.42 Å². The van der Waals surface area contributed by atoms with Gasteiger partial charge in [-0.25, -0.2) is 0 Å². The predicted octanol–water partition coefficient (Wildman–Crippen LogP) is 8.31. The van der Waals surface area contributed by atoms with Crippen molar-refractivity contribution < 1.29 is 9.59 Å². The van der Waals surface area contributed by atoms with Crippen molar-refractivity contribution in [1.29, 1.82) is 0 Å². The van der Waals surface area contributed by atoms with Crippen molar-refractivity contribution in [3.05, 3.63) is 41.0 Å². The van der Waals surface area contributed by atoms with Crippen LogP contribution in [-0.4, -0.2) is 12.6 Å². The molecule has 2 heteroatoms. The monoisotopic (exact) mass is 404 g/mol. The molecule has 0 saturated heterocycles. The Labute approximate surface area is 182 Å². The molecule has 1 aromatic rings. The molecule has 0 fully saturated rings. The maximum atomic E-state index is 10.7. The Bertz CT molecular complexity index is 508. The van der Waals surface area contributed by atoms with Gasteiger partial charge in [-0.1, -0.05) is 91.5 Å². The molecule has 0 spiro atoms. The van der Waals surface area contributed by atoms with Crippen LogP contribution in [0.25, 0.3) is 6.08 Å². The largest absolute Gasteiger partial charge is 0.307 e. The fourth-order valence-corrected chi connectivity index (χ4v) is 3.18. The van der Waals surface area contributed by atoms with Crippen molar-refractivity contribution in [2.24, 2.45) is 5.92 Å². The Hall–Kier alpha value is -1.70. The average molecular weight is 405 g/mol. The fraction of sp³-hybridized carbons (Fsp3) is 0.630. The van der Waals surface area contributed by atoms with Gasteiger partial charge in [0.25, 0.3) is 0 Å². The molecule has 0 aliphatic carbocycles. The van der Waals surface area contributed by atoms with E-state index < -0.39 is 0 Å².